The average molecular weight is 653 g/mol. The summed E-state index contributed by atoms with van der Waals surface area (Å²) in [5.74, 6) is 0.739. The molecule has 0 saturated carbocycles. The van der Waals surface area contributed by atoms with Crippen molar-refractivity contribution < 1.29 is 19.4 Å². The van der Waals surface area contributed by atoms with Gasteiger partial charge in [0, 0.05) is 75.8 Å². The molecule has 14 heteroatoms. The highest BCUT2D eigenvalue weighted by Gasteiger charge is 2.42. The Labute approximate surface area is 268 Å². The van der Waals surface area contributed by atoms with E-state index >= 15 is 0 Å². The van der Waals surface area contributed by atoms with Crippen LogP contribution in [0.4, 0.5) is 10.6 Å². The number of piperidine rings is 1. The number of amides is 2. The van der Waals surface area contributed by atoms with Gasteiger partial charge in [-0.25, -0.2) is 14.8 Å². The molecule has 2 unspecified atom stereocenters. The smallest absolute Gasteiger partial charge is 0.404 e. The number of carboxylic acid groups (broad SMARTS) is 1. The van der Waals surface area contributed by atoms with Gasteiger partial charge in [-0.15, -0.1) is 0 Å². The Balaban J connectivity index is 1.36. The van der Waals surface area contributed by atoms with Gasteiger partial charge in [-0.3, -0.25) is 9.48 Å². The zero-order valence-electron chi connectivity index (χ0n) is 26.5. The normalized spacial score (nSPS) is 19.9. The number of hydrogen-bond donors (Lipinski definition) is 2. The van der Waals surface area contributed by atoms with E-state index in [9.17, 15) is 14.7 Å². The van der Waals surface area contributed by atoms with Crippen molar-refractivity contribution in [3.63, 3.8) is 0 Å². The number of nitrogens with zero attached hydrogens (tertiary/aromatic N) is 7. The highest BCUT2D eigenvalue weighted by molar-refractivity contribution is 6.76. The molecule has 2 aliphatic rings. The minimum Gasteiger partial charge on any atom is -0.465 e. The third kappa shape index (κ3) is 6.52. The maximum atomic E-state index is 12.3. The Morgan fingerprint density at radius 1 is 1.13 bits per heavy atom. The molecule has 2 amide bonds. The Bertz CT molecular complexity index is 1730. The van der Waals surface area contributed by atoms with Crippen LogP contribution in [0.15, 0.2) is 30.7 Å². The second-order valence-electron chi connectivity index (χ2n) is 13.6. The van der Waals surface area contributed by atoms with Crippen LogP contribution in [0.25, 0.3) is 33.2 Å². The van der Waals surface area contributed by atoms with Crippen LogP contribution in [0.2, 0.25) is 30.7 Å². The monoisotopic (exact) mass is 652 g/mol. The van der Waals surface area contributed by atoms with Crippen molar-refractivity contribution in [3.8, 4) is 11.1 Å². The van der Waals surface area contributed by atoms with Gasteiger partial charge in [0.05, 0.1) is 16.7 Å². The van der Waals surface area contributed by atoms with Gasteiger partial charge in [0.25, 0.3) is 0 Å². The van der Waals surface area contributed by atoms with Gasteiger partial charge in [-0.1, -0.05) is 37.3 Å². The van der Waals surface area contributed by atoms with E-state index in [0.717, 1.165) is 59.6 Å². The fraction of sp³-hybridized carbons (Fsp3) is 0.516. The van der Waals surface area contributed by atoms with E-state index in [2.05, 4.69) is 35.0 Å². The van der Waals surface area contributed by atoms with E-state index in [1.807, 2.05) is 35.3 Å². The summed E-state index contributed by atoms with van der Waals surface area (Å²) in [6.07, 6.45) is 8.17. The maximum absolute atomic E-state index is 12.3. The van der Waals surface area contributed by atoms with Crippen molar-refractivity contribution in [1.82, 2.24) is 34.5 Å². The van der Waals surface area contributed by atoms with E-state index in [1.165, 1.54) is 4.90 Å². The summed E-state index contributed by atoms with van der Waals surface area (Å²) in [7, 11) is 2.18. The summed E-state index contributed by atoms with van der Waals surface area (Å²) in [5, 5.41) is 17.8. The third-order valence-electron chi connectivity index (χ3n) is 8.86. The molecule has 2 bridgehead atoms. The third-order valence-corrected chi connectivity index (χ3v) is 11.0. The molecule has 45 heavy (non-hydrogen) atoms. The molecule has 5 heterocycles. The lowest BCUT2D eigenvalue weighted by molar-refractivity contribution is -0.129. The molecule has 2 N–H and O–H groups in total. The van der Waals surface area contributed by atoms with Crippen molar-refractivity contribution in [2.24, 2.45) is 0 Å². The molecule has 6 rings (SSSR count). The SMILES string of the molecule is CN(C)C(=O)Cn1cc2c(Cl)c(-c3cn(COCC[Si](C)(C)C)c4nc(N5C6CCC5CC(NC(=O)O)C6)cnc34)ccc2n1. The van der Waals surface area contributed by atoms with Gasteiger partial charge in [-0.05, 0) is 37.8 Å². The highest BCUT2D eigenvalue weighted by Crippen LogP contribution is 2.41. The van der Waals surface area contributed by atoms with Crippen LogP contribution in [-0.4, -0.2) is 93.2 Å². The van der Waals surface area contributed by atoms with Crippen LogP contribution < -0.4 is 10.2 Å². The number of fused-ring (bicyclic) bond motifs is 4. The molecular weight excluding hydrogens is 612 g/mol. The second-order valence-corrected chi connectivity index (χ2v) is 19.6. The molecule has 0 aliphatic carbocycles. The minimum absolute atomic E-state index is 0.0504. The van der Waals surface area contributed by atoms with Gasteiger partial charge < -0.3 is 29.5 Å². The molecule has 12 nitrogen and oxygen atoms in total. The largest absolute Gasteiger partial charge is 0.465 e. The van der Waals surface area contributed by atoms with E-state index in [4.69, 9.17) is 26.3 Å². The molecule has 2 fully saturated rings. The molecule has 3 aromatic heterocycles. The fourth-order valence-corrected chi connectivity index (χ4v) is 7.59. The summed E-state index contributed by atoms with van der Waals surface area (Å²) in [4.78, 5) is 37.6. The quantitative estimate of drug-likeness (QED) is 0.175. The summed E-state index contributed by atoms with van der Waals surface area (Å²) in [6.45, 7) is 8.12. The molecule has 0 radical (unpaired) electrons. The van der Waals surface area contributed by atoms with Crippen molar-refractivity contribution in [2.75, 3.05) is 25.6 Å². The number of likely N-dealkylation sites (N-methyl/N-ethyl adjacent to an activating group) is 1. The van der Waals surface area contributed by atoms with Crippen LogP contribution >= 0.6 is 11.6 Å². The number of halogens is 1. The van der Waals surface area contributed by atoms with Crippen LogP contribution in [0, 0.1) is 0 Å². The van der Waals surface area contributed by atoms with Crippen LogP contribution in [0.3, 0.4) is 0 Å². The Morgan fingerprint density at radius 3 is 2.53 bits per heavy atom. The number of ether oxygens (including phenoxy) is 1. The maximum Gasteiger partial charge on any atom is 0.404 e. The lowest BCUT2D eigenvalue weighted by Crippen LogP contribution is -2.50. The van der Waals surface area contributed by atoms with Crippen molar-refractivity contribution in [2.45, 2.75) is 82.8 Å². The van der Waals surface area contributed by atoms with Crippen LogP contribution in [0.1, 0.15) is 25.7 Å². The Morgan fingerprint density at radius 2 is 1.87 bits per heavy atom. The van der Waals surface area contributed by atoms with Crippen molar-refractivity contribution in [1.29, 1.82) is 0 Å². The first kappa shape index (κ1) is 31.3. The Kier molecular flexibility index (Phi) is 8.52. The average Bonchev–Trinajstić information content (AvgIpc) is 3.62. The first-order valence-electron chi connectivity index (χ1n) is 15.5. The lowest BCUT2D eigenvalue weighted by Gasteiger charge is -2.39. The minimum atomic E-state index is -1.26. The molecule has 2 atom stereocenters. The molecule has 0 spiro atoms. The van der Waals surface area contributed by atoms with Crippen LogP contribution in [-0.2, 0) is 22.8 Å². The number of carbonyl (C=O) groups excluding carboxylic acids is 1. The van der Waals surface area contributed by atoms with Gasteiger partial charge in [0.1, 0.15) is 24.6 Å². The van der Waals surface area contributed by atoms with Crippen LogP contribution in [0.5, 0.6) is 0 Å². The van der Waals surface area contributed by atoms with Crippen molar-refractivity contribution in [3.05, 3.63) is 35.7 Å². The zero-order valence-corrected chi connectivity index (χ0v) is 28.2. The fourth-order valence-electron chi connectivity index (χ4n) is 6.52. The second kappa shape index (κ2) is 12.3. The topological polar surface area (TPSA) is 131 Å². The lowest BCUT2D eigenvalue weighted by atomic mass is 9.97. The molecule has 240 valence electrons. The number of hydrogen-bond acceptors (Lipinski definition) is 7. The standard InChI is InChI=1S/C31H41ClN8O4Si/c1-37(2)27(41)17-39-16-24-25(36-39)9-8-22(28(24)32)23-15-38(18-44-10-11-45(3,4)5)30-29(23)33-14-26(35-30)40-20-6-7-21(40)13-19(12-20)34-31(42)43/h8-9,14-16,19-21,34H,6-7,10-13,17-18H2,1-5H3,(H,42,43). The van der Waals surface area contributed by atoms with E-state index < -0.39 is 14.2 Å². The first-order valence-corrected chi connectivity index (χ1v) is 19.5. The number of aromatic nitrogens is 5. The summed E-state index contributed by atoms with van der Waals surface area (Å²) in [6, 6.07) is 5.27. The number of rotatable bonds is 10. The van der Waals surface area contributed by atoms with E-state index in [0.29, 0.717) is 29.5 Å². The number of anilines is 1. The molecule has 2 aliphatic heterocycles. The predicted octanol–water partition coefficient (Wildman–Crippen LogP) is 5.27. The number of benzene rings is 1. The number of carbonyl (C=O) groups is 2. The Hall–Kier alpha value is -3.68. The summed E-state index contributed by atoms with van der Waals surface area (Å²) in [5.41, 5.74) is 3.78. The van der Waals surface area contributed by atoms with E-state index in [-0.39, 0.29) is 30.6 Å². The summed E-state index contributed by atoms with van der Waals surface area (Å²) < 4.78 is 9.80. The van der Waals surface area contributed by atoms with Crippen molar-refractivity contribution >= 4 is 59.6 Å². The predicted molar refractivity (Wildman–Crippen MR) is 178 cm³/mol. The van der Waals surface area contributed by atoms with Gasteiger partial charge in [-0.2, -0.15) is 5.10 Å². The van der Waals surface area contributed by atoms with Gasteiger partial charge in [0.15, 0.2) is 5.65 Å². The molecular formula is C31H41ClN8O4Si. The zero-order chi connectivity index (χ0) is 32.0. The highest BCUT2D eigenvalue weighted by atomic mass is 35.5. The number of nitrogens with one attached hydrogen (secondary N) is 1. The molecule has 2 saturated heterocycles. The van der Waals surface area contributed by atoms with E-state index in [1.54, 1.807) is 18.8 Å². The summed E-state index contributed by atoms with van der Waals surface area (Å²) >= 11 is 7.04. The van der Waals surface area contributed by atoms with Gasteiger partial charge in [0.2, 0.25) is 5.91 Å². The molecule has 4 aromatic rings. The molecule has 1 aromatic carbocycles. The van der Waals surface area contributed by atoms with Gasteiger partial charge >= 0.3 is 6.09 Å². The first-order chi connectivity index (χ1) is 21.4.